The van der Waals surface area contributed by atoms with Crippen molar-refractivity contribution in [1.82, 2.24) is 10.2 Å². The van der Waals surface area contributed by atoms with Crippen molar-refractivity contribution >= 4 is 29.2 Å². The number of methoxy groups -OCH3 is 1. The van der Waals surface area contributed by atoms with Gasteiger partial charge in [-0.2, -0.15) is 0 Å². The first kappa shape index (κ1) is 20.0. The van der Waals surface area contributed by atoms with Crippen LogP contribution in [0.3, 0.4) is 0 Å². The molecule has 148 valence electrons. The summed E-state index contributed by atoms with van der Waals surface area (Å²) in [5.74, 6) is 0.870. The van der Waals surface area contributed by atoms with Crippen LogP contribution in [0.2, 0.25) is 5.02 Å². The Morgan fingerprint density at radius 2 is 2.04 bits per heavy atom. The maximum atomic E-state index is 12.5. The van der Waals surface area contributed by atoms with Gasteiger partial charge in [-0.1, -0.05) is 35.9 Å². The minimum Gasteiger partial charge on any atom is -0.497 e. The number of likely N-dealkylation sites (tertiary alicyclic amines) is 1. The van der Waals surface area contributed by atoms with Crippen LogP contribution in [0.15, 0.2) is 48.5 Å². The van der Waals surface area contributed by atoms with Gasteiger partial charge in [0, 0.05) is 25.6 Å². The number of benzene rings is 2. The molecule has 28 heavy (non-hydrogen) atoms. The molecule has 0 radical (unpaired) electrons. The number of carbonyl (C=O) groups is 2. The molecule has 6 nitrogen and oxygen atoms in total. The van der Waals surface area contributed by atoms with Crippen molar-refractivity contribution in [3.8, 4) is 5.75 Å². The van der Waals surface area contributed by atoms with E-state index >= 15 is 0 Å². The fraction of sp³-hybridized carbons (Fsp3) is 0.333. The van der Waals surface area contributed by atoms with Crippen molar-refractivity contribution in [1.29, 1.82) is 0 Å². The summed E-state index contributed by atoms with van der Waals surface area (Å²) in [5.41, 5.74) is 1.58. The molecule has 2 N–H and O–H groups in total. The quantitative estimate of drug-likeness (QED) is 0.793. The van der Waals surface area contributed by atoms with Gasteiger partial charge in [-0.15, -0.1) is 0 Å². The molecule has 3 amide bonds. The highest BCUT2D eigenvalue weighted by Crippen LogP contribution is 2.21. The molecular formula is C21H24ClN3O3. The minimum atomic E-state index is -0.313. The van der Waals surface area contributed by atoms with Crippen LogP contribution in [0.1, 0.15) is 24.8 Å². The van der Waals surface area contributed by atoms with Crippen LogP contribution in [-0.2, 0) is 11.3 Å². The molecule has 1 heterocycles. The molecule has 1 saturated heterocycles. The average Bonchev–Trinajstić information content (AvgIpc) is 2.86. The van der Waals surface area contributed by atoms with E-state index in [0.717, 1.165) is 11.3 Å². The lowest BCUT2D eigenvalue weighted by atomic mass is 10.1. The Morgan fingerprint density at radius 3 is 2.82 bits per heavy atom. The molecule has 1 fully saturated rings. The topological polar surface area (TPSA) is 70.7 Å². The lowest BCUT2D eigenvalue weighted by molar-refractivity contribution is -0.131. The van der Waals surface area contributed by atoms with Crippen LogP contribution in [0.25, 0.3) is 0 Å². The Labute approximate surface area is 169 Å². The van der Waals surface area contributed by atoms with Gasteiger partial charge in [0.25, 0.3) is 0 Å². The molecule has 1 unspecified atom stereocenters. The summed E-state index contributed by atoms with van der Waals surface area (Å²) in [6.07, 6.45) is 1.72. The van der Waals surface area contributed by atoms with E-state index in [2.05, 4.69) is 10.6 Å². The number of carbonyl (C=O) groups excluding carboxylic acids is 2. The summed E-state index contributed by atoms with van der Waals surface area (Å²) in [4.78, 5) is 26.6. The zero-order valence-electron chi connectivity index (χ0n) is 15.8. The van der Waals surface area contributed by atoms with E-state index in [1.54, 1.807) is 25.3 Å². The molecule has 0 aliphatic carbocycles. The first-order chi connectivity index (χ1) is 13.5. The molecule has 0 saturated carbocycles. The van der Waals surface area contributed by atoms with Gasteiger partial charge in [0.2, 0.25) is 5.91 Å². The van der Waals surface area contributed by atoms with Gasteiger partial charge in [-0.25, -0.2) is 4.79 Å². The zero-order chi connectivity index (χ0) is 19.9. The van der Waals surface area contributed by atoms with Crippen molar-refractivity contribution in [2.45, 2.75) is 31.8 Å². The van der Waals surface area contributed by atoms with Crippen LogP contribution in [0, 0.1) is 0 Å². The van der Waals surface area contributed by atoms with Gasteiger partial charge >= 0.3 is 6.03 Å². The van der Waals surface area contributed by atoms with E-state index in [-0.39, 0.29) is 18.0 Å². The lowest BCUT2D eigenvalue weighted by Crippen LogP contribution is -2.38. The molecule has 7 heteroatoms. The Hall–Kier alpha value is -2.73. The maximum Gasteiger partial charge on any atom is 0.319 e. The predicted octanol–water partition coefficient (Wildman–Crippen LogP) is 4.05. The van der Waals surface area contributed by atoms with Crippen LogP contribution < -0.4 is 15.4 Å². The van der Waals surface area contributed by atoms with Crippen molar-refractivity contribution in [2.24, 2.45) is 0 Å². The maximum absolute atomic E-state index is 12.5. The predicted molar refractivity (Wildman–Crippen MR) is 110 cm³/mol. The summed E-state index contributed by atoms with van der Waals surface area (Å²) in [5, 5.41) is 6.19. The highest BCUT2D eigenvalue weighted by Gasteiger charge is 2.24. The third kappa shape index (κ3) is 5.39. The molecule has 1 aliphatic heterocycles. The number of nitrogens with zero attached hydrogens (tertiary/aromatic N) is 1. The van der Waals surface area contributed by atoms with Crippen molar-refractivity contribution < 1.29 is 14.3 Å². The number of anilines is 1. The zero-order valence-corrected chi connectivity index (χ0v) is 16.5. The van der Waals surface area contributed by atoms with Gasteiger partial charge in [0.05, 0.1) is 17.8 Å². The molecule has 1 aliphatic rings. The first-order valence-electron chi connectivity index (χ1n) is 9.28. The Kier molecular flexibility index (Phi) is 6.76. The summed E-state index contributed by atoms with van der Waals surface area (Å²) >= 11 is 6.07. The highest BCUT2D eigenvalue weighted by atomic mass is 35.5. The van der Waals surface area contributed by atoms with Crippen molar-refractivity contribution in [3.05, 3.63) is 59.1 Å². The van der Waals surface area contributed by atoms with Crippen molar-refractivity contribution in [3.63, 3.8) is 0 Å². The highest BCUT2D eigenvalue weighted by molar-refractivity contribution is 6.33. The number of rotatable bonds is 5. The SMILES string of the molecule is COc1cccc(CN2CCC(NC(=O)Nc3ccccc3Cl)CCC2=O)c1. The molecule has 2 aromatic rings. The number of para-hydroxylation sites is 1. The number of halogens is 1. The van der Waals surface area contributed by atoms with E-state index < -0.39 is 0 Å². The summed E-state index contributed by atoms with van der Waals surface area (Å²) in [6.45, 7) is 1.13. The third-order valence-corrected chi connectivity index (χ3v) is 5.10. The summed E-state index contributed by atoms with van der Waals surface area (Å²) < 4.78 is 5.25. The van der Waals surface area contributed by atoms with E-state index in [9.17, 15) is 9.59 Å². The molecule has 0 aromatic heterocycles. The number of nitrogens with one attached hydrogen (secondary N) is 2. The molecule has 2 aromatic carbocycles. The normalized spacial score (nSPS) is 17.0. The van der Waals surface area contributed by atoms with Gasteiger partial charge < -0.3 is 20.3 Å². The minimum absolute atomic E-state index is 0.0678. The lowest BCUT2D eigenvalue weighted by Gasteiger charge is -2.21. The van der Waals surface area contributed by atoms with E-state index in [1.165, 1.54) is 0 Å². The Morgan fingerprint density at radius 1 is 1.21 bits per heavy atom. The van der Waals surface area contributed by atoms with Crippen molar-refractivity contribution in [2.75, 3.05) is 19.0 Å². The smallest absolute Gasteiger partial charge is 0.319 e. The molecular weight excluding hydrogens is 378 g/mol. The van der Waals surface area contributed by atoms with Crippen LogP contribution in [0.5, 0.6) is 5.75 Å². The molecule has 0 spiro atoms. The van der Waals surface area contributed by atoms with Gasteiger partial charge in [-0.3, -0.25) is 4.79 Å². The molecule has 0 bridgehead atoms. The largest absolute Gasteiger partial charge is 0.497 e. The average molecular weight is 402 g/mol. The van der Waals surface area contributed by atoms with E-state index in [4.69, 9.17) is 16.3 Å². The van der Waals surface area contributed by atoms with Crippen LogP contribution >= 0.6 is 11.6 Å². The van der Waals surface area contributed by atoms with E-state index in [0.29, 0.717) is 43.1 Å². The number of hydrogen-bond acceptors (Lipinski definition) is 3. The van der Waals surface area contributed by atoms with Gasteiger partial charge in [0.1, 0.15) is 5.75 Å². The Bertz CT molecular complexity index is 843. The van der Waals surface area contributed by atoms with Gasteiger partial charge in [0.15, 0.2) is 0 Å². The van der Waals surface area contributed by atoms with E-state index in [1.807, 2.05) is 35.2 Å². The molecule has 1 atom stereocenters. The van der Waals surface area contributed by atoms with Crippen LogP contribution in [0.4, 0.5) is 10.5 Å². The fourth-order valence-corrected chi connectivity index (χ4v) is 3.43. The summed E-state index contributed by atoms with van der Waals surface area (Å²) in [7, 11) is 1.63. The standard InChI is InChI=1S/C21H24ClN3O3/c1-28-17-6-4-5-15(13-17)14-25-12-11-16(9-10-20(25)26)23-21(27)24-19-8-3-2-7-18(19)22/h2-8,13,16H,9-12,14H2,1H3,(H2,23,24,27). The van der Waals surface area contributed by atoms with Crippen LogP contribution in [-0.4, -0.2) is 36.5 Å². The monoisotopic (exact) mass is 401 g/mol. The summed E-state index contributed by atoms with van der Waals surface area (Å²) in [6, 6.07) is 14.4. The fourth-order valence-electron chi connectivity index (χ4n) is 3.25. The molecule has 3 rings (SSSR count). The van der Waals surface area contributed by atoms with Gasteiger partial charge in [-0.05, 0) is 42.7 Å². The third-order valence-electron chi connectivity index (χ3n) is 4.77. The number of urea groups is 1. The second kappa shape index (κ2) is 9.46. The second-order valence-corrected chi connectivity index (χ2v) is 7.18. The second-order valence-electron chi connectivity index (χ2n) is 6.77. The number of hydrogen-bond donors (Lipinski definition) is 2. The Balaban J connectivity index is 1.55. The first-order valence-corrected chi connectivity index (χ1v) is 9.65. The number of amides is 3. The number of ether oxygens (including phenoxy) is 1.